The van der Waals surface area contributed by atoms with Crippen molar-refractivity contribution in [1.82, 2.24) is 20.3 Å². The van der Waals surface area contributed by atoms with E-state index in [-0.39, 0.29) is 0 Å². The molecule has 1 aromatic heterocycles. The first kappa shape index (κ1) is 3.71. The highest BCUT2D eigenvalue weighted by Crippen LogP contribution is 1.96. The zero-order chi connectivity index (χ0) is 5.40. The molecular weight excluding hydrogens is 106 g/mol. The van der Waals surface area contributed by atoms with Gasteiger partial charge in [0.1, 0.15) is 0 Å². The third-order valence-electron chi connectivity index (χ3n) is 0.981. The van der Waals surface area contributed by atoms with E-state index in [1.165, 1.54) is 4.79 Å². The van der Waals surface area contributed by atoms with Gasteiger partial charge in [-0.3, -0.25) is 0 Å². The molecule has 0 saturated carbocycles. The lowest BCUT2D eigenvalue weighted by Crippen LogP contribution is -1.89. The number of aromatic nitrogens is 4. The second kappa shape index (κ2) is 1.12. The van der Waals surface area contributed by atoms with Crippen LogP contribution in [0.25, 0.3) is 0 Å². The molecular formula is C3H3N5. The van der Waals surface area contributed by atoms with Gasteiger partial charge in [-0.1, -0.05) is 0 Å². The van der Waals surface area contributed by atoms with Crippen molar-refractivity contribution in [3.63, 3.8) is 0 Å². The topological polar surface area (TPSA) is 56.0 Å². The van der Waals surface area contributed by atoms with Gasteiger partial charge in [-0.15, -0.1) is 9.89 Å². The van der Waals surface area contributed by atoms with Crippen molar-refractivity contribution in [3.8, 4) is 0 Å². The van der Waals surface area contributed by atoms with Crippen LogP contribution < -0.4 is 0 Å². The molecule has 0 aliphatic carbocycles. The summed E-state index contributed by atoms with van der Waals surface area (Å²) >= 11 is 0. The highest BCUT2D eigenvalue weighted by Gasteiger charge is 2.06. The van der Waals surface area contributed by atoms with Crippen LogP contribution in [0.1, 0.15) is 5.82 Å². The van der Waals surface area contributed by atoms with Gasteiger partial charge < -0.3 is 0 Å². The van der Waals surface area contributed by atoms with Crippen LogP contribution in [-0.2, 0) is 6.42 Å². The van der Waals surface area contributed by atoms with Crippen molar-refractivity contribution in [3.05, 3.63) is 5.82 Å². The summed E-state index contributed by atoms with van der Waals surface area (Å²) < 4.78 is 0. The molecule has 0 aromatic carbocycles. The number of fused-ring (bicyclic) bond motifs is 1. The normalized spacial score (nSPS) is 14.5. The van der Waals surface area contributed by atoms with Crippen LogP contribution in [0.4, 0.5) is 0 Å². The van der Waals surface area contributed by atoms with Crippen LogP contribution in [0.2, 0.25) is 0 Å². The fraction of sp³-hybridized carbons (Fsp3) is 0.333. The largest absolute Gasteiger partial charge is 0.182 e. The molecule has 0 unspecified atom stereocenters. The van der Waals surface area contributed by atoms with Gasteiger partial charge in [0.2, 0.25) is 0 Å². The Morgan fingerprint density at radius 2 is 2.62 bits per heavy atom. The lowest BCUT2D eigenvalue weighted by atomic mass is 10.5. The molecule has 0 atom stereocenters. The van der Waals surface area contributed by atoms with Gasteiger partial charge in [0.15, 0.2) is 5.82 Å². The average molecular weight is 109 g/mol. The predicted molar refractivity (Wildman–Crippen MR) is 25.4 cm³/mol. The van der Waals surface area contributed by atoms with Crippen LogP contribution in [0.5, 0.6) is 0 Å². The Morgan fingerprint density at radius 3 is 3.50 bits per heavy atom. The Morgan fingerprint density at radius 1 is 1.62 bits per heavy atom. The molecule has 2 heterocycles. The number of hydrogen-bond acceptors (Lipinski definition) is 4. The predicted octanol–water partition coefficient (Wildman–Crippen LogP) is -0.937. The Hall–Kier alpha value is -1.26. The fourth-order valence-electron chi connectivity index (χ4n) is 0.613. The minimum absolute atomic E-state index is 0.757. The van der Waals surface area contributed by atoms with E-state index >= 15 is 0 Å². The summed E-state index contributed by atoms with van der Waals surface area (Å²) in [4.78, 5) is 1.42. The molecule has 0 saturated heterocycles. The van der Waals surface area contributed by atoms with Crippen molar-refractivity contribution >= 4 is 6.21 Å². The lowest BCUT2D eigenvalue weighted by Gasteiger charge is -1.78. The first-order valence-electron chi connectivity index (χ1n) is 2.27. The summed E-state index contributed by atoms with van der Waals surface area (Å²) in [7, 11) is 0. The number of nitrogens with zero attached hydrogens (tertiary/aromatic N) is 5. The molecule has 5 nitrogen and oxygen atoms in total. The Kier molecular flexibility index (Phi) is 0.518. The van der Waals surface area contributed by atoms with Crippen molar-refractivity contribution in [2.75, 3.05) is 0 Å². The van der Waals surface area contributed by atoms with Gasteiger partial charge in [0.25, 0.3) is 0 Å². The van der Waals surface area contributed by atoms with Gasteiger partial charge in [0, 0.05) is 12.6 Å². The average Bonchev–Trinajstić information content (AvgIpc) is 2.15. The summed E-state index contributed by atoms with van der Waals surface area (Å²) in [6, 6.07) is 0. The van der Waals surface area contributed by atoms with Gasteiger partial charge in [-0.2, -0.15) is 5.10 Å². The van der Waals surface area contributed by atoms with Crippen molar-refractivity contribution < 1.29 is 0 Å². The zero-order valence-electron chi connectivity index (χ0n) is 4.02. The van der Waals surface area contributed by atoms with Crippen molar-refractivity contribution in [2.45, 2.75) is 6.42 Å². The molecule has 1 aliphatic rings. The number of tetrazole rings is 1. The standard InChI is InChI=1S/C3H3N5/c1-2-4-8-3(1)5-6-7-8/h2H,1H2. The first-order chi connectivity index (χ1) is 3.97. The third-order valence-corrected chi connectivity index (χ3v) is 0.981. The molecule has 0 fully saturated rings. The maximum Gasteiger partial charge on any atom is 0.182 e. The molecule has 1 aliphatic heterocycles. The molecule has 0 bridgehead atoms. The van der Waals surface area contributed by atoms with E-state index in [4.69, 9.17) is 0 Å². The molecule has 0 N–H and O–H groups in total. The lowest BCUT2D eigenvalue weighted by molar-refractivity contribution is 0.692. The third kappa shape index (κ3) is 0.305. The zero-order valence-corrected chi connectivity index (χ0v) is 4.02. The highest BCUT2D eigenvalue weighted by atomic mass is 15.7. The summed E-state index contributed by atoms with van der Waals surface area (Å²) in [5.41, 5.74) is 0. The van der Waals surface area contributed by atoms with Crippen molar-refractivity contribution in [1.29, 1.82) is 0 Å². The fourth-order valence-corrected chi connectivity index (χ4v) is 0.613. The van der Waals surface area contributed by atoms with Crippen LogP contribution >= 0.6 is 0 Å². The number of rotatable bonds is 0. The molecule has 0 radical (unpaired) electrons. The quantitative estimate of drug-likeness (QED) is 0.432. The van der Waals surface area contributed by atoms with Gasteiger partial charge in [0.05, 0.1) is 0 Å². The van der Waals surface area contributed by atoms with Crippen LogP contribution in [0.15, 0.2) is 5.10 Å². The second-order valence-electron chi connectivity index (χ2n) is 1.49. The van der Waals surface area contributed by atoms with Gasteiger partial charge >= 0.3 is 0 Å². The van der Waals surface area contributed by atoms with Crippen LogP contribution in [-0.4, -0.2) is 26.5 Å². The first-order valence-corrected chi connectivity index (χ1v) is 2.27. The molecule has 1 aromatic rings. The summed E-state index contributed by atoms with van der Waals surface area (Å²) in [6.07, 6.45) is 2.50. The van der Waals surface area contributed by atoms with Gasteiger partial charge in [-0.25, -0.2) is 0 Å². The van der Waals surface area contributed by atoms with Gasteiger partial charge in [-0.05, 0) is 10.4 Å². The molecule has 8 heavy (non-hydrogen) atoms. The summed E-state index contributed by atoms with van der Waals surface area (Å²) in [6.45, 7) is 0. The molecule has 40 valence electrons. The maximum absolute atomic E-state index is 3.81. The van der Waals surface area contributed by atoms with E-state index in [9.17, 15) is 0 Å². The van der Waals surface area contributed by atoms with E-state index in [0.29, 0.717) is 0 Å². The van der Waals surface area contributed by atoms with Crippen LogP contribution in [0, 0.1) is 0 Å². The number of hydrogen-bond donors (Lipinski definition) is 0. The Labute approximate surface area is 45.0 Å². The van der Waals surface area contributed by atoms with Crippen molar-refractivity contribution in [2.24, 2.45) is 5.10 Å². The molecule has 2 rings (SSSR count). The minimum Gasteiger partial charge on any atom is -0.160 e. The molecule has 5 heteroatoms. The Balaban J connectivity index is 2.67. The highest BCUT2D eigenvalue weighted by molar-refractivity contribution is 5.61. The van der Waals surface area contributed by atoms with E-state index in [0.717, 1.165) is 12.2 Å². The summed E-state index contributed by atoms with van der Waals surface area (Å²) in [5.74, 6) is 0.810. The Bertz CT molecular complexity index is 223. The minimum atomic E-state index is 0.757. The van der Waals surface area contributed by atoms with E-state index in [2.05, 4.69) is 20.6 Å². The van der Waals surface area contributed by atoms with E-state index in [1.54, 1.807) is 6.21 Å². The van der Waals surface area contributed by atoms with Crippen LogP contribution in [0.3, 0.4) is 0 Å². The maximum atomic E-state index is 3.81. The molecule has 0 amide bonds. The smallest absolute Gasteiger partial charge is 0.160 e. The molecule has 0 spiro atoms. The monoisotopic (exact) mass is 109 g/mol. The second-order valence-corrected chi connectivity index (χ2v) is 1.49. The SMILES string of the molecule is C1=Nn2nnnc2C1. The summed E-state index contributed by atoms with van der Waals surface area (Å²) in [5, 5.41) is 14.4. The van der Waals surface area contributed by atoms with E-state index < -0.39 is 0 Å². The van der Waals surface area contributed by atoms with E-state index in [1.807, 2.05) is 0 Å².